The molecule has 3 aromatic rings. The molecule has 5 nitrogen and oxygen atoms in total. The van der Waals surface area contributed by atoms with E-state index in [9.17, 15) is 4.79 Å². The fraction of sp³-hybridized carbons (Fsp3) is 0.200. The van der Waals surface area contributed by atoms with Crippen molar-refractivity contribution in [2.75, 3.05) is 6.54 Å². The van der Waals surface area contributed by atoms with Crippen LogP contribution in [0, 0.1) is 0 Å². The fourth-order valence-corrected chi connectivity index (χ4v) is 3.14. The number of amides is 2. The molecule has 0 spiro atoms. The third-order valence-electron chi connectivity index (χ3n) is 4.18. The highest BCUT2D eigenvalue weighted by molar-refractivity contribution is 6.30. The summed E-state index contributed by atoms with van der Waals surface area (Å²) in [5.74, 6) is 0.738. The Hall–Kier alpha value is -2.50. The third-order valence-corrected chi connectivity index (χ3v) is 4.67. The van der Waals surface area contributed by atoms with E-state index in [0.29, 0.717) is 23.0 Å². The van der Waals surface area contributed by atoms with Gasteiger partial charge >= 0.3 is 6.03 Å². The average Bonchev–Trinajstić information content (AvgIpc) is 3.06. The second kappa shape index (κ2) is 8.93. The van der Waals surface area contributed by atoms with Crippen LogP contribution in [0.2, 0.25) is 10.0 Å². The van der Waals surface area contributed by atoms with Crippen LogP contribution in [-0.2, 0) is 13.5 Å². The number of imidazole rings is 1. The number of hydrogen-bond acceptors (Lipinski definition) is 2. The quantitative estimate of drug-likeness (QED) is 0.643. The number of halogens is 2. The van der Waals surface area contributed by atoms with Crippen LogP contribution in [0.5, 0.6) is 0 Å². The second-order valence-corrected chi connectivity index (χ2v) is 7.03. The van der Waals surface area contributed by atoms with Gasteiger partial charge in [0.15, 0.2) is 0 Å². The molecule has 0 saturated heterocycles. The van der Waals surface area contributed by atoms with Gasteiger partial charge in [-0.15, -0.1) is 0 Å². The van der Waals surface area contributed by atoms with E-state index in [0.717, 1.165) is 17.0 Å². The van der Waals surface area contributed by atoms with Crippen molar-refractivity contribution < 1.29 is 4.79 Å². The van der Waals surface area contributed by atoms with Gasteiger partial charge in [-0.05, 0) is 41.8 Å². The molecule has 1 heterocycles. The van der Waals surface area contributed by atoms with Crippen LogP contribution < -0.4 is 10.6 Å². The highest BCUT2D eigenvalue weighted by atomic mass is 35.5. The maximum absolute atomic E-state index is 12.4. The van der Waals surface area contributed by atoms with Crippen molar-refractivity contribution in [2.24, 2.45) is 7.05 Å². The first-order valence-electron chi connectivity index (χ1n) is 8.54. The zero-order valence-corrected chi connectivity index (χ0v) is 16.3. The summed E-state index contributed by atoms with van der Waals surface area (Å²) >= 11 is 12.0. The van der Waals surface area contributed by atoms with Crippen molar-refractivity contribution in [3.05, 3.63) is 87.9 Å². The summed E-state index contributed by atoms with van der Waals surface area (Å²) in [4.78, 5) is 16.8. The van der Waals surface area contributed by atoms with Crippen LogP contribution in [0.3, 0.4) is 0 Å². The molecule has 0 radical (unpaired) electrons. The van der Waals surface area contributed by atoms with Gasteiger partial charge in [0.2, 0.25) is 0 Å². The minimum absolute atomic E-state index is 0.264. The lowest BCUT2D eigenvalue weighted by molar-refractivity contribution is 0.238. The van der Waals surface area contributed by atoms with E-state index >= 15 is 0 Å². The Morgan fingerprint density at radius 2 is 1.93 bits per heavy atom. The average molecular weight is 403 g/mol. The van der Waals surface area contributed by atoms with Gasteiger partial charge in [0.05, 0.1) is 0 Å². The zero-order chi connectivity index (χ0) is 19.2. The van der Waals surface area contributed by atoms with Gasteiger partial charge in [-0.25, -0.2) is 9.78 Å². The van der Waals surface area contributed by atoms with E-state index in [2.05, 4.69) is 15.6 Å². The Balaban J connectivity index is 1.66. The van der Waals surface area contributed by atoms with Gasteiger partial charge in [0, 0.05) is 36.0 Å². The number of nitrogens with one attached hydrogen (secondary N) is 2. The van der Waals surface area contributed by atoms with E-state index in [-0.39, 0.29) is 12.1 Å². The van der Waals surface area contributed by atoms with Crippen LogP contribution in [0.25, 0.3) is 0 Å². The molecule has 27 heavy (non-hydrogen) atoms. The van der Waals surface area contributed by atoms with E-state index in [1.54, 1.807) is 18.3 Å². The molecule has 0 fully saturated rings. The summed E-state index contributed by atoms with van der Waals surface area (Å²) < 4.78 is 1.88. The van der Waals surface area contributed by atoms with Crippen molar-refractivity contribution in [1.82, 2.24) is 20.2 Å². The van der Waals surface area contributed by atoms with Crippen LogP contribution in [0.15, 0.2) is 60.9 Å². The number of aryl methyl sites for hydroxylation is 1. The van der Waals surface area contributed by atoms with Crippen LogP contribution in [0.1, 0.15) is 23.0 Å². The topological polar surface area (TPSA) is 59.0 Å². The van der Waals surface area contributed by atoms with Gasteiger partial charge in [-0.1, -0.05) is 47.5 Å². The predicted molar refractivity (Wildman–Crippen MR) is 108 cm³/mol. The van der Waals surface area contributed by atoms with Crippen molar-refractivity contribution in [3.63, 3.8) is 0 Å². The molecule has 2 amide bonds. The first-order chi connectivity index (χ1) is 13.0. The Labute approximate surface area is 168 Å². The molecule has 1 aromatic heterocycles. The Morgan fingerprint density at radius 1 is 1.15 bits per heavy atom. The molecule has 0 aliphatic carbocycles. The molecular weight excluding hydrogens is 383 g/mol. The molecular formula is C20H20Cl2N4O. The predicted octanol–water partition coefficient (Wildman–Crippen LogP) is 4.36. The lowest BCUT2D eigenvalue weighted by Gasteiger charge is -2.19. The summed E-state index contributed by atoms with van der Waals surface area (Å²) in [6.07, 6.45) is 4.25. The van der Waals surface area contributed by atoms with E-state index in [1.165, 1.54) is 0 Å². The highest BCUT2D eigenvalue weighted by Gasteiger charge is 2.20. The van der Waals surface area contributed by atoms with Gasteiger partial charge < -0.3 is 15.2 Å². The molecule has 0 saturated carbocycles. The SMILES string of the molecule is Cn1ccnc1C(NC(=O)NCCc1cccc(Cl)c1)c1ccc(Cl)cc1. The summed E-state index contributed by atoms with van der Waals surface area (Å²) in [5, 5.41) is 7.21. The molecule has 0 bridgehead atoms. The number of nitrogens with zero attached hydrogens (tertiary/aromatic N) is 2. The lowest BCUT2D eigenvalue weighted by Crippen LogP contribution is -2.40. The normalized spacial score (nSPS) is 11.8. The number of benzene rings is 2. The van der Waals surface area contributed by atoms with Gasteiger partial charge in [-0.2, -0.15) is 0 Å². The molecule has 0 aliphatic rings. The Morgan fingerprint density at radius 3 is 2.59 bits per heavy atom. The van der Waals surface area contributed by atoms with Gasteiger partial charge in [0.25, 0.3) is 0 Å². The molecule has 140 valence electrons. The van der Waals surface area contributed by atoms with Gasteiger partial charge in [-0.3, -0.25) is 0 Å². The van der Waals surface area contributed by atoms with Crippen LogP contribution in [-0.4, -0.2) is 22.1 Å². The first kappa shape index (κ1) is 19.3. The molecule has 3 rings (SSSR count). The maximum Gasteiger partial charge on any atom is 0.315 e. The minimum Gasteiger partial charge on any atom is -0.338 e. The second-order valence-electron chi connectivity index (χ2n) is 6.16. The molecule has 7 heteroatoms. The minimum atomic E-state index is -0.381. The number of carbonyl (C=O) groups excluding carboxylic acids is 1. The number of carbonyl (C=O) groups is 1. The summed E-state index contributed by atoms with van der Waals surface area (Å²) in [6.45, 7) is 0.500. The van der Waals surface area contributed by atoms with Crippen molar-refractivity contribution >= 4 is 29.2 Å². The number of urea groups is 1. The molecule has 2 N–H and O–H groups in total. The third kappa shape index (κ3) is 5.25. The van der Waals surface area contributed by atoms with Crippen LogP contribution >= 0.6 is 23.2 Å². The molecule has 1 atom stereocenters. The first-order valence-corrected chi connectivity index (χ1v) is 9.30. The smallest absolute Gasteiger partial charge is 0.315 e. The Kier molecular flexibility index (Phi) is 6.37. The monoisotopic (exact) mass is 402 g/mol. The van der Waals surface area contributed by atoms with Gasteiger partial charge in [0.1, 0.15) is 11.9 Å². The summed E-state index contributed by atoms with van der Waals surface area (Å²) in [5.41, 5.74) is 1.97. The number of aromatic nitrogens is 2. The van der Waals surface area contributed by atoms with E-state index in [4.69, 9.17) is 23.2 Å². The van der Waals surface area contributed by atoms with E-state index < -0.39 is 0 Å². The maximum atomic E-state index is 12.4. The lowest BCUT2D eigenvalue weighted by atomic mass is 10.1. The summed E-state index contributed by atoms with van der Waals surface area (Å²) in [6, 6.07) is 14.3. The standard InChI is InChI=1S/C20H20Cl2N4O/c1-26-12-11-23-19(26)18(15-5-7-16(21)8-6-15)25-20(27)24-10-9-14-3-2-4-17(22)13-14/h2-8,11-13,18H,9-10H2,1H3,(H2,24,25,27). The van der Waals surface area contributed by atoms with Crippen molar-refractivity contribution in [3.8, 4) is 0 Å². The number of rotatable bonds is 6. The van der Waals surface area contributed by atoms with Crippen molar-refractivity contribution in [2.45, 2.75) is 12.5 Å². The van der Waals surface area contributed by atoms with Crippen LogP contribution in [0.4, 0.5) is 4.79 Å². The number of hydrogen-bond donors (Lipinski definition) is 2. The van der Waals surface area contributed by atoms with E-state index in [1.807, 2.05) is 54.2 Å². The zero-order valence-electron chi connectivity index (χ0n) is 14.8. The molecule has 0 aliphatic heterocycles. The highest BCUT2D eigenvalue weighted by Crippen LogP contribution is 2.22. The Bertz CT molecular complexity index is 908. The molecule has 1 unspecified atom stereocenters. The molecule has 2 aromatic carbocycles. The largest absolute Gasteiger partial charge is 0.338 e. The summed E-state index contributed by atoms with van der Waals surface area (Å²) in [7, 11) is 1.89. The van der Waals surface area contributed by atoms with Crippen molar-refractivity contribution in [1.29, 1.82) is 0 Å². The fourth-order valence-electron chi connectivity index (χ4n) is 2.80.